The predicted octanol–water partition coefficient (Wildman–Crippen LogP) is 7.14. The van der Waals surface area contributed by atoms with Crippen molar-refractivity contribution in [3.05, 3.63) is 84.9 Å². The Morgan fingerprint density at radius 1 is 0.714 bits per heavy atom. The molecule has 2 nitrogen and oxygen atoms in total. The van der Waals surface area contributed by atoms with E-state index in [0.29, 0.717) is 5.75 Å². The van der Waals surface area contributed by atoms with Crippen molar-refractivity contribution < 1.29 is 5.11 Å². The van der Waals surface area contributed by atoms with Gasteiger partial charge in [-0.2, -0.15) is 0 Å². The van der Waals surface area contributed by atoms with Gasteiger partial charge >= 0.3 is 0 Å². The Labute approximate surface area is 167 Å². The van der Waals surface area contributed by atoms with E-state index in [9.17, 15) is 5.11 Å². The van der Waals surface area contributed by atoms with E-state index in [2.05, 4.69) is 59.9 Å². The number of benzene rings is 4. The summed E-state index contributed by atoms with van der Waals surface area (Å²) < 4.78 is 2.40. The average Bonchev–Trinajstić information content (AvgIpc) is 3.12. The van der Waals surface area contributed by atoms with Gasteiger partial charge in [-0.1, -0.05) is 66.7 Å². The van der Waals surface area contributed by atoms with Crippen LogP contribution in [0.25, 0.3) is 42.4 Å². The number of anilines is 1. The van der Waals surface area contributed by atoms with Crippen molar-refractivity contribution >= 4 is 37.2 Å². The molecule has 136 valence electrons. The van der Waals surface area contributed by atoms with E-state index >= 15 is 0 Å². The molecule has 0 bridgehead atoms. The van der Waals surface area contributed by atoms with Crippen LogP contribution in [0.3, 0.4) is 0 Å². The van der Waals surface area contributed by atoms with Gasteiger partial charge in [-0.25, -0.2) is 0 Å². The molecule has 0 aliphatic rings. The first-order valence-electron chi connectivity index (χ1n) is 9.27. The van der Waals surface area contributed by atoms with E-state index in [1.807, 2.05) is 37.4 Å². The van der Waals surface area contributed by atoms with Crippen LogP contribution in [0, 0.1) is 0 Å². The molecule has 0 spiro atoms. The minimum Gasteiger partial charge on any atom is -0.505 e. The maximum Gasteiger partial charge on any atom is 0.147 e. The van der Waals surface area contributed by atoms with Gasteiger partial charge in [0, 0.05) is 32.8 Å². The first-order valence-corrected chi connectivity index (χ1v) is 10.1. The second kappa shape index (κ2) is 6.70. The molecule has 0 saturated heterocycles. The molecule has 0 amide bonds. The van der Waals surface area contributed by atoms with Gasteiger partial charge in [0.2, 0.25) is 0 Å². The number of thiophene rings is 1. The Balaban J connectivity index is 1.76. The zero-order valence-corrected chi connectivity index (χ0v) is 16.3. The third kappa shape index (κ3) is 2.63. The summed E-state index contributed by atoms with van der Waals surface area (Å²) in [5.41, 5.74) is 4.95. The predicted molar refractivity (Wildman–Crippen MR) is 121 cm³/mol. The molecule has 28 heavy (non-hydrogen) atoms. The molecule has 1 aromatic heterocycles. The van der Waals surface area contributed by atoms with Crippen molar-refractivity contribution in [2.45, 2.75) is 0 Å². The summed E-state index contributed by atoms with van der Waals surface area (Å²) in [5.74, 6) is 0.295. The van der Waals surface area contributed by atoms with Crippen LogP contribution in [0.1, 0.15) is 0 Å². The van der Waals surface area contributed by atoms with Crippen LogP contribution in [0.4, 0.5) is 5.69 Å². The fourth-order valence-corrected chi connectivity index (χ4v) is 4.99. The molecule has 3 heteroatoms. The lowest BCUT2D eigenvalue weighted by molar-refractivity contribution is 0.480. The summed E-state index contributed by atoms with van der Waals surface area (Å²) in [6, 6.07) is 29.1. The van der Waals surface area contributed by atoms with Crippen molar-refractivity contribution in [2.75, 3.05) is 12.4 Å². The van der Waals surface area contributed by atoms with E-state index in [4.69, 9.17) is 0 Å². The summed E-state index contributed by atoms with van der Waals surface area (Å²) in [4.78, 5) is 0. The van der Waals surface area contributed by atoms with Crippen molar-refractivity contribution in [1.29, 1.82) is 0 Å². The Bertz CT molecular complexity index is 1300. The summed E-state index contributed by atoms with van der Waals surface area (Å²) in [5, 5.41) is 16.6. The number of fused-ring (bicyclic) bond motifs is 3. The number of rotatable bonds is 3. The first-order chi connectivity index (χ1) is 13.8. The topological polar surface area (TPSA) is 32.3 Å². The molecule has 0 unspecified atom stereocenters. The Kier molecular flexibility index (Phi) is 4.03. The molecule has 2 N–H and O–H groups in total. The number of nitrogens with one attached hydrogen (secondary N) is 1. The summed E-state index contributed by atoms with van der Waals surface area (Å²) in [6.45, 7) is 0. The van der Waals surface area contributed by atoms with Crippen LogP contribution in [0.15, 0.2) is 84.9 Å². The second-order valence-corrected chi connectivity index (χ2v) is 7.90. The highest BCUT2D eigenvalue weighted by Gasteiger charge is 2.17. The van der Waals surface area contributed by atoms with E-state index < -0.39 is 0 Å². The third-order valence-corrected chi connectivity index (χ3v) is 6.29. The Morgan fingerprint density at radius 3 is 2.25 bits per heavy atom. The highest BCUT2D eigenvalue weighted by molar-refractivity contribution is 7.26. The van der Waals surface area contributed by atoms with Crippen molar-refractivity contribution in [3.8, 4) is 28.0 Å². The summed E-state index contributed by atoms with van der Waals surface area (Å²) in [7, 11) is 1.87. The van der Waals surface area contributed by atoms with Gasteiger partial charge < -0.3 is 10.4 Å². The monoisotopic (exact) mass is 381 g/mol. The van der Waals surface area contributed by atoms with Gasteiger partial charge in [-0.3, -0.25) is 0 Å². The summed E-state index contributed by atoms with van der Waals surface area (Å²) in [6.07, 6.45) is 0. The molecule has 5 rings (SSSR count). The maximum absolute atomic E-state index is 11.1. The zero-order valence-electron chi connectivity index (χ0n) is 15.4. The molecule has 0 aliphatic carbocycles. The molecule has 1 heterocycles. The van der Waals surface area contributed by atoms with Gasteiger partial charge in [-0.15, -0.1) is 11.3 Å². The average molecular weight is 382 g/mol. The van der Waals surface area contributed by atoms with Crippen LogP contribution >= 0.6 is 11.3 Å². The summed E-state index contributed by atoms with van der Waals surface area (Å²) >= 11 is 1.76. The van der Waals surface area contributed by atoms with Crippen molar-refractivity contribution in [1.82, 2.24) is 0 Å². The highest BCUT2D eigenvalue weighted by Crippen LogP contribution is 2.47. The SMILES string of the molecule is CNc1c(O)c(-c2cccc(-c3ccccc3)c2)cc2sc3ccccc3c12. The van der Waals surface area contributed by atoms with E-state index in [1.54, 1.807) is 11.3 Å². The van der Waals surface area contributed by atoms with Gasteiger partial charge in [-0.05, 0) is 34.9 Å². The van der Waals surface area contributed by atoms with Crippen molar-refractivity contribution in [2.24, 2.45) is 0 Å². The van der Waals surface area contributed by atoms with E-state index in [-0.39, 0.29) is 0 Å². The first kappa shape index (κ1) is 16.8. The van der Waals surface area contributed by atoms with Crippen LogP contribution < -0.4 is 5.32 Å². The smallest absolute Gasteiger partial charge is 0.147 e. The molecular formula is C25H19NOS. The van der Waals surface area contributed by atoms with Gasteiger partial charge in [0.05, 0.1) is 5.69 Å². The second-order valence-electron chi connectivity index (χ2n) is 6.82. The standard InChI is InChI=1S/C25H19NOS/c1-26-24-23-19-12-5-6-13-21(19)28-22(23)15-20(25(24)27)18-11-7-10-17(14-18)16-8-3-2-4-9-16/h2-15,26-27H,1H3. The molecule has 0 fully saturated rings. The number of hydrogen-bond acceptors (Lipinski definition) is 3. The van der Waals surface area contributed by atoms with Crippen LogP contribution in [-0.2, 0) is 0 Å². The fraction of sp³-hybridized carbons (Fsp3) is 0.0400. The van der Waals surface area contributed by atoms with Crippen LogP contribution in [0.2, 0.25) is 0 Å². The van der Waals surface area contributed by atoms with Gasteiger partial charge in [0.15, 0.2) is 0 Å². The third-order valence-electron chi connectivity index (χ3n) is 5.17. The fourth-order valence-electron chi connectivity index (χ4n) is 3.84. The maximum atomic E-state index is 11.1. The van der Waals surface area contributed by atoms with Gasteiger partial charge in [0.25, 0.3) is 0 Å². The molecule has 5 aromatic rings. The number of phenolic OH excluding ortho intramolecular Hbond substituents is 1. The lowest BCUT2D eigenvalue weighted by Gasteiger charge is -2.13. The normalized spacial score (nSPS) is 11.2. The molecule has 0 aliphatic heterocycles. The molecule has 0 radical (unpaired) electrons. The van der Waals surface area contributed by atoms with E-state index in [0.717, 1.165) is 27.8 Å². The number of hydrogen-bond donors (Lipinski definition) is 2. The van der Waals surface area contributed by atoms with Crippen LogP contribution in [-0.4, -0.2) is 12.2 Å². The largest absolute Gasteiger partial charge is 0.505 e. The molecule has 4 aromatic carbocycles. The Morgan fingerprint density at radius 2 is 1.43 bits per heavy atom. The van der Waals surface area contributed by atoms with Crippen molar-refractivity contribution in [3.63, 3.8) is 0 Å². The minimum atomic E-state index is 0.295. The highest BCUT2D eigenvalue weighted by atomic mass is 32.1. The molecular weight excluding hydrogens is 362 g/mol. The Hall–Kier alpha value is -3.30. The lowest BCUT2D eigenvalue weighted by atomic mass is 9.96. The number of phenols is 1. The lowest BCUT2D eigenvalue weighted by Crippen LogP contribution is -1.92. The number of aromatic hydroxyl groups is 1. The zero-order chi connectivity index (χ0) is 19.1. The van der Waals surface area contributed by atoms with E-state index in [1.165, 1.54) is 20.3 Å². The quantitative estimate of drug-likeness (QED) is 0.326. The minimum absolute atomic E-state index is 0.295. The molecule has 0 saturated carbocycles. The van der Waals surface area contributed by atoms with Crippen LogP contribution in [0.5, 0.6) is 5.75 Å². The molecule has 0 atom stereocenters. The van der Waals surface area contributed by atoms with Gasteiger partial charge in [0.1, 0.15) is 5.75 Å².